The lowest BCUT2D eigenvalue weighted by Crippen LogP contribution is -2.17. The quantitative estimate of drug-likeness (QED) is 0.867. The standard InChI is InChI=1S/C15H15BrN2O2S/c1-7-4-5-10(6-11(7)16)14(20)18-15-12(13(17)19)8(2)9(3)21-15/h4-6H,1-3H3,(H2,17,19)(H,18,20). The van der Waals surface area contributed by atoms with Crippen molar-refractivity contribution in [2.75, 3.05) is 5.32 Å². The largest absolute Gasteiger partial charge is 0.365 e. The summed E-state index contributed by atoms with van der Waals surface area (Å²) in [5.41, 5.74) is 8.16. The highest BCUT2D eigenvalue weighted by molar-refractivity contribution is 9.10. The van der Waals surface area contributed by atoms with Gasteiger partial charge in [-0.25, -0.2) is 0 Å². The number of carbonyl (C=O) groups is 2. The molecule has 0 atom stereocenters. The van der Waals surface area contributed by atoms with Gasteiger partial charge >= 0.3 is 0 Å². The Hall–Kier alpha value is -1.66. The van der Waals surface area contributed by atoms with E-state index < -0.39 is 5.91 Å². The minimum atomic E-state index is -0.530. The van der Waals surface area contributed by atoms with E-state index in [-0.39, 0.29) is 5.91 Å². The molecule has 6 heteroatoms. The van der Waals surface area contributed by atoms with Crippen molar-refractivity contribution < 1.29 is 9.59 Å². The number of nitrogens with two attached hydrogens (primary N) is 1. The van der Waals surface area contributed by atoms with Gasteiger partial charge in [-0.1, -0.05) is 22.0 Å². The second kappa shape index (κ2) is 5.99. The molecule has 0 unspecified atom stereocenters. The van der Waals surface area contributed by atoms with Crippen LogP contribution in [0.2, 0.25) is 0 Å². The van der Waals surface area contributed by atoms with Crippen LogP contribution in [0, 0.1) is 20.8 Å². The number of thiophene rings is 1. The van der Waals surface area contributed by atoms with Crippen LogP contribution in [-0.4, -0.2) is 11.8 Å². The summed E-state index contributed by atoms with van der Waals surface area (Å²) in [4.78, 5) is 24.8. The molecule has 21 heavy (non-hydrogen) atoms. The van der Waals surface area contributed by atoms with Gasteiger partial charge in [0.25, 0.3) is 11.8 Å². The third-order valence-electron chi connectivity index (χ3n) is 3.29. The molecule has 3 N–H and O–H groups in total. The Morgan fingerprint density at radius 2 is 1.90 bits per heavy atom. The van der Waals surface area contributed by atoms with E-state index in [2.05, 4.69) is 21.2 Å². The van der Waals surface area contributed by atoms with E-state index >= 15 is 0 Å². The Morgan fingerprint density at radius 1 is 1.24 bits per heavy atom. The maximum atomic E-state index is 12.3. The van der Waals surface area contributed by atoms with Crippen molar-refractivity contribution >= 4 is 44.1 Å². The zero-order valence-corrected chi connectivity index (χ0v) is 14.3. The molecule has 2 aromatic rings. The van der Waals surface area contributed by atoms with E-state index in [0.717, 1.165) is 20.5 Å². The highest BCUT2D eigenvalue weighted by Gasteiger charge is 2.19. The molecule has 1 heterocycles. The first-order valence-corrected chi connectivity index (χ1v) is 7.89. The van der Waals surface area contributed by atoms with E-state index in [1.54, 1.807) is 12.1 Å². The molecule has 0 saturated carbocycles. The molecule has 2 rings (SSSR count). The van der Waals surface area contributed by atoms with E-state index in [4.69, 9.17) is 5.73 Å². The zero-order chi connectivity index (χ0) is 15.7. The second-order valence-corrected chi connectivity index (χ2v) is 6.85. The molecule has 0 aliphatic rings. The summed E-state index contributed by atoms with van der Waals surface area (Å²) < 4.78 is 0.865. The smallest absolute Gasteiger partial charge is 0.256 e. The van der Waals surface area contributed by atoms with Gasteiger partial charge in [-0.15, -0.1) is 11.3 Å². The fourth-order valence-corrected chi connectivity index (χ4v) is 3.36. The molecule has 1 aromatic carbocycles. The van der Waals surface area contributed by atoms with Crippen LogP contribution in [0.15, 0.2) is 22.7 Å². The third-order valence-corrected chi connectivity index (χ3v) is 5.27. The Balaban J connectivity index is 2.33. The fourth-order valence-electron chi connectivity index (χ4n) is 1.92. The number of benzene rings is 1. The SMILES string of the molecule is Cc1ccc(C(=O)Nc2sc(C)c(C)c2C(N)=O)cc1Br. The number of carbonyl (C=O) groups excluding carboxylic acids is 2. The summed E-state index contributed by atoms with van der Waals surface area (Å²) >= 11 is 4.76. The van der Waals surface area contributed by atoms with Crippen molar-refractivity contribution in [2.24, 2.45) is 5.73 Å². The first kappa shape index (κ1) is 15.7. The molecule has 4 nitrogen and oxygen atoms in total. The second-order valence-electron chi connectivity index (χ2n) is 4.77. The molecular weight excluding hydrogens is 352 g/mol. The van der Waals surface area contributed by atoms with Gasteiger partial charge in [0.15, 0.2) is 0 Å². The van der Waals surface area contributed by atoms with Gasteiger partial charge < -0.3 is 11.1 Å². The Kier molecular flexibility index (Phi) is 4.49. The lowest BCUT2D eigenvalue weighted by molar-refractivity contribution is 0.100. The number of anilines is 1. The summed E-state index contributed by atoms with van der Waals surface area (Å²) in [6, 6.07) is 5.35. The summed E-state index contributed by atoms with van der Waals surface area (Å²) in [6.45, 7) is 5.66. The van der Waals surface area contributed by atoms with Crippen LogP contribution in [0.1, 0.15) is 36.7 Å². The summed E-state index contributed by atoms with van der Waals surface area (Å²) in [5, 5.41) is 3.27. The summed E-state index contributed by atoms with van der Waals surface area (Å²) in [7, 11) is 0. The number of primary amides is 1. The number of aryl methyl sites for hydroxylation is 2. The molecular formula is C15H15BrN2O2S. The van der Waals surface area contributed by atoms with Crippen LogP contribution in [0.25, 0.3) is 0 Å². The van der Waals surface area contributed by atoms with Gasteiger partial charge in [-0.3, -0.25) is 9.59 Å². The molecule has 0 fully saturated rings. The molecule has 0 aliphatic carbocycles. The van der Waals surface area contributed by atoms with Crippen LogP contribution in [0.3, 0.4) is 0 Å². The lowest BCUT2D eigenvalue weighted by atomic mass is 10.1. The predicted octanol–water partition coefficient (Wildman–Crippen LogP) is 3.79. The highest BCUT2D eigenvalue weighted by atomic mass is 79.9. The van der Waals surface area contributed by atoms with E-state index in [0.29, 0.717) is 16.1 Å². The number of halogens is 1. The fraction of sp³-hybridized carbons (Fsp3) is 0.200. The number of hydrogen-bond donors (Lipinski definition) is 2. The molecule has 0 saturated heterocycles. The maximum Gasteiger partial charge on any atom is 0.256 e. The predicted molar refractivity (Wildman–Crippen MR) is 89.1 cm³/mol. The molecule has 2 amide bonds. The molecule has 0 aliphatic heterocycles. The zero-order valence-electron chi connectivity index (χ0n) is 11.9. The van der Waals surface area contributed by atoms with Gasteiger partial charge in [0.1, 0.15) is 5.00 Å². The minimum absolute atomic E-state index is 0.264. The van der Waals surface area contributed by atoms with Crippen LogP contribution in [0.5, 0.6) is 0 Å². The Morgan fingerprint density at radius 3 is 2.48 bits per heavy atom. The van der Waals surface area contributed by atoms with E-state index in [9.17, 15) is 9.59 Å². The third kappa shape index (κ3) is 3.16. The van der Waals surface area contributed by atoms with Crippen LogP contribution in [0.4, 0.5) is 5.00 Å². The van der Waals surface area contributed by atoms with Crippen molar-refractivity contribution in [3.05, 3.63) is 49.8 Å². The average molecular weight is 367 g/mol. The van der Waals surface area contributed by atoms with Crippen LogP contribution in [-0.2, 0) is 0 Å². The molecule has 110 valence electrons. The summed E-state index contributed by atoms with van der Waals surface area (Å²) in [5.74, 6) is -0.795. The number of hydrogen-bond acceptors (Lipinski definition) is 3. The molecule has 0 spiro atoms. The lowest BCUT2D eigenvalue weighted by Gasteiger charge is -2.06. The van der Waals surface area contributed by atoms with Crippen LogP contribution >= 0.6 is 27.3 Å². The van der Waals surface area contributed by atoms with Gasteiger partial charge in [-0.05, 0) is 44.0 Å². The number of rotatable bonds is 3. The first-order chi connectivity index (χ1) is 9.81. The first-order valence-electron chi connectivity index (χ1n) is 6.28. The minimum Gasteiger partial charge on any atom is -0.365 e. The monoisotopic (exact) mass is 366 g/mol. The van der Waals surface area contributed by atoms with Gasteiger partial charge in [-0.2, -0.15) is 0 Å². The normalized spacial score (nSPS) is 10.5. The highest BCUT2D eigenvalue weighted by Crippen LogP contribution is 2.32. The van der Waals surface area contributed by atoms with Gasteiger partial charge in [0, 0.05) is 14.9 Å². The topological polar surface area (TPSA) is 72.2 Å². The van der Waals surface area contributed by atoms with Crippen molar-refractivity contribution in [1.82, 2.24) is 0 Å². The van der Waals surface area contributed by atoms with Crippen LogP contribution < -0.4 is 11.1 Å². The maximum absolute atomic E-state index is 12.3. The summed E-state index contributed by atoms with van der Waals surface area (Å²) in [6.07, 6.45) is 0. The van der Waals surface area contributed by atoms with Crippen molar-refractivity contribution in [1.29, 1.82) is 0 Å². The van der Waals surface area contributed by atoms with E-state index in [1.165, 1.54) is 11.3 Å². The van der Waals surface area contributed by atoms with Crippen molar-refractivity contribution in [3.8, 4) is 0 Å². The van der Waals surface area contributed by atoms with Crippen molar-refractivity contribution in [2.45, 2.75) is 20.8 Å². The Labute approximate surface area is 135 Å². The molecule has 0 radical (unpaired) electrons. The van der Waals surface area contributed by atoms with Gasteiger partial charge in [0.05, 0.1) is 5.56 Å². The number of amides is 2. The van der Waals surface area contributed by atoms with Crippen molar-refractivity contribution in [3.63, 3.8) is 0 Å². The Bertz CT molecular complexity index is 738. The number of nitrogens with one attached hydrogen (secondary N) is 1. The van der Waals surface area contributed by atoms with E-state index in [1.807, 2.05) is 26.8 Å². The molecule has 0 bridgehead atoms. The molecule has 1 aromatic heterocycles. The average Bonchev–Trinajstić information content (AvgIpc) is 2.68. The van der Waals surface area contributed by atoms with Gasteiger partial charge in [0.2, 0.25) is 0 Å².